The molecule has 0 spiro atoms. The highest BCUT2D eigenvalue weighted by molar-refractivity contribution is 9.13. The fourth-order valence-corrected chi connectivity index (χ4v) is 4.34. The van der Waals surface area contributed by atoms with E-state index in [2.05, 4.69) is 47.8 Å². The SMILES string of the molecule is COc1cc(Br)ccc1C(Cl)c1cc(Br)c(Br)s1. The third-order valence-electron chi connectivity index (χ3n) is 2.38. The highest BCUT2D eigenvalue weighted by Gasteiger charge is 2.19. The monoisotopic (exact) mass is 472 g/mol. The average molecular weight is 475 g/mol. The molecule has 0 bridgehead atoms. The maximum atomic E-state index is 6.53. The topological polar surface area (TPSA) is 9.23 Å². The molecule has 0 aliphatic heterocycles. The Morgan fingerprint density at radius 2 is 1.94 bits per heavy atom. The van der Waals surface area contributed by atoms with Gasteiger partial charge in [0.05, 0.1) is 16.3 Å². The van der Waals surface area contributed by atoms with Gasteiger partial charge in [-0.05, 0) is 50.1 Å². The van der Waals surface area contributed by atoms with E-state index in [4.69, 9.17) is 16.3 Å². The smallest absolute Gasteiger partial charge is 0.125 e. The number of halogens is 4. The molecule has 2 aromatic rings. The molecule has 6 heteroatoms. The number of thiophene rings is 1. The van der Waals surface area contributed by atoms with Gasteiger partial charge in [0.1, 0.15) is 5.75 Å². The quantitative estimate of drug-likeness (QED) is 0.469. The largest absolute Gasteiger partial charge is 0.496 e. The molecule has 0 aliphatic rings. The number of methoxy groups -OCH3 is 1. The van der Waals surface area contributed by atoms with E-state index in [-0.39, 0.29) is 5.38 Å². The highest BCUT2D eigenvalue weighted by atomic mass is 79.9. The van der Waals surface area contributed by atoms with Gasteiger partial charge in [-0.25, -0.2) is 0 Å². The summed E-state index contributed by atoms with van der Waals surface area (Å²) in [7, 11) is 1.65. The number of alkyl halides is 1. The molecule has 1 atom stereocenters. The van der Waals surface area contributed by atoms with Gasteiger partial charge in [0.15, 0.2) is 0 Å². The standard InChI is InChI=1S/C12H8Br3ClOS/c1-17-9-4-6(13)2-3-7(9)11(16)10-5-8(14)12(15)18-10/h2-5,11H,1H3. The lowest BCUT2D eigenvalue weighted by Crippen LogP contribution is -1.95. The molecule has 96 valence electrons. The zero-order valence-corrected chi connectivity index (χ0v) is 15.5. The van der Waals surface area contributed by atoms with Crippen molar-refractivity contribution in [2.45, 2.75) is 5.38 Å². The van der Waals surface area contributed by atoms with Crippen LogP contribution >= 0.6 is 70.7 Å². The van der Waals surface area contributed by atoms with Crippen molar-refractivity contribution in [1.29, 1.82) is 0 Å². The van der Waals surface area contributed by atoms with Gasteiger partial charge >= 0.3 is 0 Å². The third-order valence-corrected chi connectivity index (χ3v) is 6.80. The van der Waals surface area contributed by atoms with Crippen molar-refractivity contribution >= 4 is 70.7 Å². The lowest BCUT2D eigenvalue weighted by Gasteiger charge is -2.13. The van der Waals surface area contributed by atoms with E-state index in [0.29, 0.717) is 0 Å². The van der Waals surface area contributed by atoms with Crippen molar-refractivity contribution in [3.63, 3.8) is 0 Å². The second kappa shape index (κ2) is 6.27. The molecular weight excluding hydrogens is 467 g/mol. The maximum Gasteiger partial charge on any atom is 0.125 e. The van der Waals surface area contributed by atoms with E-state index in [1.807, 2.05) is 24.3 Å². The molecule has 2 rings (SSSR count). The summed E-state index contributed by atoms with van der Waals surface area (Å²) in [6, 6.07) is 7.88. The van der Waals surface area contributed by atoms with Crippen LogP contribution in [0.15, 0.2) is 37.0 Å². The molecule has 0 saturated heterocycles. The van der Waals surface area contributed by atoms with Crippen LogP contribution in [0.2, 0.25) is 0 Å². The predicted octanol–water partition coefficient (Wildman–Crippen LogP) is 6.37. The van der Waals surface area contributed by atoms with Crippen LogP contribution in [0.3, 0.4) is 0 Å². The summed E-state index contributed by atoms with van der Waals surface area (Å²) in [5.41, 5.74) is 0.962. The van der Waals surface area contributed by atoms with Crippen LogP contribution in [0.5, 0.6) is 5.75 Å². The Hall–Kier alpha value is 0.450. The van der Waals surface area contributed by atoms with Crippen LogP contribution in [-0.4, -0.2) is 7.11 Å². The summed E-state index contributed by atoms with van der Waals surface area (Å²) in [4.78, 5) is 1.07. The molecule has 1 aromatic carbocycles. The first-order valence-electron chi connectivity index (χ1n) is 4.95. The molecule has 1 nitrogen and oxygen atoms in total. The Balaban J connectivity index is 2.42. The molecule has 0 fully saturated rings. The Labute approximate surface area is 140 Å². The summed E-state index contributed by atoms with van der Waals surface area (Å²) < 4.78 is 8.40. The van der Waals surface area contributed by atoms with Crippen molar-refractivity contribution < 1.29 is 4.74 Å². The second-order valence-electron chi connectivity index (χ2n) is 3.52. The third kappa shape index (κ3) is 3.12. The Morgan fingerprint density at radius 1 is 1.22 bits per heavy atom. The van der Waals surface area contributed by atoms with E-state index in [1.54, 1.807) is 18.4 Å². The number of hydrogen-bond donors (Lipinski definition) is 0. The van der Waals surface area contributed by atoms with Crippen LogP contribution in [0.25, 0.3) is 0 Å². The minimum atomic E-state index is -0.222. The summed E-state index contributed by atoms with van der Waals surface area (Å²) in [5.74, 6) is 0.782. The van der Waals surface area contributed by atoms with Crippen molar-refractivity contribution in [1.82, 2.24) is 0 Å². The van der Waals surface area contributed by atoms with Crippen molar-refractivity contribution in [3.8, 4) is 5.75 Å². The molecule has 1 heterocycles. The molecule has 0 N–H and O–H groups in total. The van der Waals surface area contributed by atoms with Gasteiger partial charge < -0.3 is 4.74 Å². The first kappa shape index (κ1) is 14.9. The van der Waals surface area contributed by atoms with Gasteiger partial charge in [0.2, 0.25) is 0 Å². The molecule has 0 radical (unpaired) electrons. The van der Waals surface area contributed by atoms with Crippen LogP contribution in [0.1, 0.15) is 15.8 Å². The number of ether oxygens (including phenoxy) is 1. The Morgan fingerprint density at radius 3 is 2.50 bits per heavy atom. The Kier molecular flexibility index (Phi) is 5.17. The minimum absolute atomic E-state index is 0.222. The summed E-state index contributed by atoms with van der Waals surface area (Å²) in [6.07, 6.45) is 0. The zero-order chi connectivity index (χ0) is 13.3. The van der Waals surface area contributed by atoms with Gasteiger partial charge in [-0.3, -0.25) is 0 Å². The fourth-order valence-electron chi connectivity index (χ4n) is 1.54. The molecular formula is C12H8Br3ClOS. The summed E-state index contributed by atoms with van der Waals surface area (Å²) in [6.45, 7) is 0. The maximum absolute atomic E-state index is 6.53. The molecule has 0 amide bonds. The highest BCUT2D eigenvalue weighted by Crippen LogP contribution is 2.43. The number of rotatable bonds is 3. The van der Waals surface area contributed by atoms with Crippen LogP contribution in [0, 0.1) is 0 Å². The van der Waals surface area contributed by atoms with Crippen molar-refractivity contribution in [2.75, 3.05) is 7.11 Å². The first-order chi connectivity index (χ1) is 8.52. The van der Waals surface area contributed by atoms with E-state index in [0.717, 1.165) is 28.9 Å². The van der Waals surface area contributed by atoms with E-state index in [9.17, 15) is 0 Å². The van der Waals surface area contributed by atoms with E-state index in [1.165, 1.54) is 0 Å². The van der Waals surface area contributed by atoms with E-state index < -0.39 is 0 Å². The van der Waals surface area contributed by atoms with Crippen LogP contribution in [-0.2, 0) is 0 Å². The molecule has 18 heavy (non-hydrogen) atoms. The minimum Gasteiger partial charge on any atom is -0.496 e. The van der Waals surface area contributed by atoms with Gasteiger partial charge in [-0.1, -0.05) is 22.0 Å². The Bertz CT molecular complexity index is 551. The van der Waals surface area contributed by atoms with Crippen LogP contribution in [0.4, 0.5) is 0 Å². The summed E-state index contributed by atoms with van der Waals surface area (Å²) >= 11 is 18.5. The molecule has 1 aromatic heterocycles. The molecule has 0 aliphatic carbocycles. The predicted molar refractivity (Wildman–Crippen MR) is 88.1 cm³/mol. The van der Waals surface area contributed by atoms with Crippen LogP contribution < -0.4 is 4.74 Å². The van der Waals surface area contributed by atoms with Gasteiger partial charge in [0.25, 0.3) is 0 Å². The fraction of sp³-hybridized carbons (Fsp3) is 0.167. The van der Waals surface area contributed by atoms with Gasteiger partial charge in [0, 0.05) is 19.4 Å². The average Bonchev–Trinajstić information content (AvgIpc) is 2.68. The van der Waals surface area contributed by atoms with Crippen molar-refractivity contribution in [3.05, 3.63) is 47.4 Å². The zero-order valence-electron chi connectivity index (χ0n) is 9.22. The molecule has 0 saturated carbocycles. The number of benzene rings is 1. The molecule has 1 unspecified atom stereocenters. The van der Waals surface area contributed by atoms with Gasteiger partial charge in [-0.2, -0.15) is 0 Å². The normalized spacial score (nSPS) is 12.5. The second-order valence-corrected chi connectivity index (χ2v) is 8.13. The van der Waals surface area contributed by atoms with E-state index >= 15 is 0 Å². The lowest BCUT2D eigenvalue weighted by molar-refractivity contribution is 0.410. The van der Waals surface area contributed by atoms with Gasteiger partial charge in [-0.15, -0.1) is 22.9 Å². The van der Waals surface area contributed by atoms with Crippen molar-refractivity contribution in [2.24, 2.45) is 0 Å². The lowest BCUT2D eigenvalue weighted by atomic mass is 10.1. The summed E-state index contributed by atoms with van der Waals surface area (Å²) in [5, 5.41) is -0.222. The first-order valence-corrected chi connectivity index (χ1v) is 8.58. The number of hydrogen-bond acceptors (Lipinski definition) is 2.